The van der Waals surface area contributed by atoms with Crippen LogP contribution < -0.4 is 10.2 Å². The molecular weight excluding hydrogens is 322 g/mol. The molecule has 0 atom stereocenters. The van der Waals surface area contributed by atoms with E-state index in [0.717, 1.165) is 39.3 Å². The summed E-state index contributed by atoms with van der Waals surface area (Å²) >= 11 is 0. The van der Waals surface area contributed by atoms with Crippen LogP contribution in [0.1, 0.15) is 23.1 Å². The summed E-state index contributed by atoms with van der Waals surface area (Å²) in [4.78, 5) is 16.8. The van der Waals surface area contributed by atoms with E-state index < -0.39 is 0 Å². The van der Waals surface area contributed by atoms with Crippen LogP contribution in [0.25, 0.3) is 0 Å². The number of piperazine rings is 1. The van der Waals surface area contributed by atoms with Gasteiger partial charge in [0.1, 0.15) is 0 Å². The van der Waals surface area contributed by atoms with E-state index in [4.69, 9.17) is 0 Å². The van der Waals surface area contributed by atoms with E-state index in [1.807, 2.05) is 4.90 Å². The number of nitrogens with zero attached hydrogens (tertiary/aromatic N) is 2. The lowest BCUT2D eigenvalue weighted by molar-refractivity contribution is -0.131. The minimum Gasteiger partial charge on any atom is -0.368 e. The lowest BCUT2D eigenvalue weighted by atomic mass is 10.1. The van der Waals surface area contributed by atoms with E-state index in [1.165, 1.54) is 22.4 Å². The summed E-state index contributed by atoms with van der Waals surface area (Å²) in [5.41, 5.74) is 5.13. The number of carbonyl (C=O) groups is 1. The van der Waals surface area contributed by atoms with Crippen molar-refractivity contribution in [2.75, 3.05) is 37.6 Å². The molecule has 1 saturated heterocycles. The highest BCUT2D eigenvalue weighted by Gasteiger charge is 2.20. The second-order valence-corrected chi connectivity index (χ2v) is 7.06. The van der Waals surface area contributed by atoms with Crippen molar-refractivity contribution < 1.29 is 4.79 Å². The molecule has 0 spiro atoms. The van der Waals surface area contributed by atoms with Crippen molar-refractivity contribution >= 4 is 11.6 Å². The lowest BCUT2D eigenvalue weighted by Gasteiger charge is -2.36. The second-order valence-electron chi connectivity index (χ2n) is 7.06. The number of hydrogen-bond donors (Lipinski definition) is 1. The number of nitrogens with one attached hydrogen (secondary N) is 1. The Hall–Kier alpha value is -2.33. The van der Waals surface area contributed by atoms with Crippen LogP contribution in [-0.2, 0) is 11.3 Å². The van der Waals surface area contributed by atoms with Gasteiger partial charge in [-0.25, -0.2) is 0 Å². The van der Waals surface area contributed by atoms with Gasteiger partial charge in [-0.05, 0) is 42.7 Å². The quantitative estimate of drug-likeness (QED) is 0.812. The first-order valence-electron chi connectivity index (χ1n) is 9.48. The van der Waals surface area contributed by atoms with E-state index in [0.29, 0.717) is 6.42 Å². The Kier molecular flexibility index (Phi) is 6.29. The van der Waals surface area contributed by atoms with E-state index in [1.54, 1.807) is 0 Å². The van der Waals surface area contributed by atoms with Crippen LogP contribution in [0.15, 0.2) is 48.5 Å². The van der Waals surface area contributed by atoms with Gasteiger partial charge in [-0.1, -0.05) is 36.4 Å². The number of anilines is 1. The van der Waals surface area contributed by atoms with Gasteiger partial charge in [0.25, 0.3) is 0 Å². The number of amides is 1. The number of benzene rings is 2. The Bertz CT molecular complexity index is 736. The van der Waals surface area contributed by atoms with Gasteiger partial charge in [0.05, 0.1) is 0 Å². The average Bonchev–Trinajstić information content (AvgIpc) is 2.66. The van der Waals surface area contributed by atoms with Crippen molar-refractivity contribution in [3.05, 3.63) is 65.2 Å². The minimum atomic E-state index is 0.256. The Morgan fingerprint density at radius 3 is 2.50 bits per heavy atom. The first-order chi connectivity index (χ1) is 12.6. The maximum absolute atomic E-state index is 12.4. The van der Waals surface area contributed by atoms with Crippen molar-refractivity contribution in [3.63, 3.8) is 0 Å². The van der Waals surface area contributed by atoms with Crippen LogP contribution in [-0.4, -0.2) is 43.5 Å². The lowest BCUT2D eigenvalue weighted by Crippen LogP contribution is -2.49. The molecule has 1 aliphatic heterocycles. The van der Waals surface area contributed by atoms with Crippen LogP contribution in [0.2, 0.25) is 0 Å². The number of aryl methyl sites for hydroxylation is 2. The standard InChI is InChI=1S/C22H29N3O/c1-18-6-5-9-21(16-18)24-12-14-25(15-13-24)22(26)10-11-23-17-20-8-4-3-7-19(20)2/h3-9,16,23H,10-15,17H2,1-2H3. The average molecular weight is 351 g/mol. The fraction of sp³-hybridized carbons (Fsp3) is 0.409. The summed E-state index contributed by atoms with van der Waals surface area (Å²) in [6, 6.07) is 17.0. The van der Waals surface area contributed by atoms with Gasteiger partial charge in [0, 0.05) is 51.4 Å². The predicted molar refractivity (Wildman–Crippen MR) is 107 cm³/mol. The molecule has 0 unspecified atom stereocenters. The van der Waals surface area contributed by atoms with Gasteiger partial charge >= 0.3 is 0 Å². The second kappa shape index (κ2) is 8.86. The number of hydrogen-bond acceptors (Lipinski definition) is 3. The first-order valence-corrected chi connectivity index (χ1v) is 9.48. The van der Waals surface area contributed by atoms with Crippen molar-refractivity contribution in [1.29, 1.82) is 0 Å². The Balaban J connectivity index is 1.39. The van der Waals surface area contributed by atoms with Crippen LogP contribution in [0.5, 0.6) is 0 Å². The van der Waals surface area contributed by atoms with Crippen molar-refractivity contribution in [2.45, 2.75) is 26.8 Å². The molecular formula is C22H29N3O. The third-order valence-corrected chi connectivity index (χ3v) is 5.09. The fourth-order valence-corrected chi connectivity index (χ4v) is 3.42. The molecule has 2 aromatic carbocycles. The molecule has 1 N–H and O–H groups in total. The Labute approximate surface area is 156 Å². The molecule has 0 radical (unpaired) electrons. The molecule has 0 saturated carbocycles. The van der Waals surface area contributed by atoms with Gasteiger partial charge in [0.15, 0.2) is 0 Å². The Morgan fingerprint density at radius 1 is 1.00 bits per heavy atom. The van der Waals surface area contributed by atoms with E-state index in [-0.39, 0.29) is 5.91 Å². The minimum absolute atomic E-state index is 0.256. The number of rotatable bonds is 6. The highest BCUT2D eigenvalue weighted by atomic mass is 16.2. The molecule has 1 aliphatic rings. The molecule has 26 heavy (non-hydrogen) atoms. The molecule has 0 bridgehead atoms. The van der Waals surface area contributed by atoms with Gasteiger partial charge in [-0.3, -0.25) is 4.79 Å². The molecule has 1 amide bonds. The Morgan fingerprint density at radius 2 is 1.77 bits per heavy atom. The molecule has 2 aromatic rings. The van der Waals surface area contributed by atoms with Crippen LogP contribution in [0, 0.1) is 13.8 Å². The van der Waals surface area contributed by atoms with Crippen molar-refractivity contribution in [1.82, 2.24) is 10.2 Å². The maximum atomic E-state index is 12.4. The third kappa shape index (κ3) is 4.85. The smallest absolute Gasteiger partial charge is 0.223 e. The molecule has 1 fully saturated rings. The third-order valence-electron chi connectivity index (χ3n) is 5.09. The largest absolute Gasteiger partial charge is 0.368 e. The first kappa shape index (κ1) is 18.5. The van der Waals surface area contributed by atoms with Crippen molar-refractivity contribution in [3.8, 4) is 0 Å². The van der Waals surface area contributed by atoms with Gasteiger partial charge in [0.2, 0.25) is 5.91 Å². The summed E-state index contributed by atoms with van der Waals surface area (Å²) in [6.45, 7) is 9.22. The monoisotopic (exact) mass is 351 g/mol. The number of carbonyl (C=O) groups excluding carboxylic acids is 1. The SMILES string of the molecule is Cc1cccc(N2CCN(C(=O)CCNCc3ccccc3C)CC2)c1. The molecule has 4 heteroatoms. The highest BCUT2D eigenvalue weighted by molar-refractivity contribution is 5.76. The zero-order valence-electron chi connectivity index (χ0n) is 15.9. The zero-order valence-corrected chi connectivity index (χ0v) is 15.9. The van der Waals surface area contributed by atoms with Crippen LogP contribution >= 0.6 is 0 Å². The van der Waals surface area contributed by atoms with Gasteiger partial charge in [-0.2, -0.15) is 0 Å². The summed E-state index contributed by atoms with van der Waals surface area (Å²) in [5, 5.41) is 3.40. The van der Waals surface area contributed by atoms with E-state index >= 15 is 0 Å². The molecule has 4 nitrogen and oxygen atoms in total. The fourth-order valence-electron chi connectivity index (χ4n) is 3.42. The van der Waals surface area contributed by atoms with Crippen molar-refractivity contribution in [2.24, 2.45) is 0 Å². The summed E-state index contributed by atoms with van der Waals surface area (Å²) in [6.07, 6.45) is 0.566. The van der Waals surface area contributed by atoms with E-state index in [9.17, 15) is 4.79 Å². The van der Waals surface area contributed by atoms with Crippen LogP contribution in [0.4, 0.5) is 5.69 Å². The zero-order chi connectivity index (χ0) is 18.4. The summed E-state index contributed by atoms with van der Waals surface area (Å²) in [5.74, 6) is 0.256. The summed E-state index contributed by atoms with van der Waals surface area (Å²) < 4.78 is 0. The maximum Gasteiger partial charge on any atom is 0.223 e. The van der Waals surface area contributed by atoms with Gasteiger partial charge in [-0.15, -0.1) is 0 Å². The predicted octanol–water partition coefficient (Wildman–Crippen LogP) is 3.13. The normalized spacial score (nSPS) is 14.5. The van der Waals surface area contributed by atoms with Crippen LogP contribution in [0.3, 0.4) is 0 Å². The highest BCUT2D eigenvalue weighted by Crippen LogP contribution is 2.18. The van der Waals surface area contributed by atoms with Gasteiger partial charge < -0.3 is 15.1 Å². The molecule has 0 aromatic heterocycles. The molecule has 138 valence electrons. The van der Waals surface area contributed by atoms with E-state index in [2.05, 4.69) is 72.6 Å². The summed E-state index contributed by atoms with van der Waals surface area (Å²) in [7, 11) is 0. The topological polar surface area (TPSA) is 35.6 Å². The molecule has 1 heterocycles. The molecule has 3 rings (SSSR count). The molecule has 0 aliphatic carbocycles.